The van der Waals surface area contributed by atoms with Crippen molar-refractivity contribution in [2.75, 3.05) is 39.2 Å². The van der Waals surface area contributed by atoms with Crippen LogP contribution in [0.4, 0.5) is 5.69 Å². The van der Waals surface area contributed by atoms with Crippen LogP contribution in [0.25, 0.3) is 6.08 Å². The molecule has 0 aromatic heterocycles. The lowest BCUT2D eigenvalue weighted by Gasteiger charge is -2.30. The molecule has 1 amide bonds. The van der Waals surface area contributed by atoms with E-state index < -0.39 is 0 Å². The minimum absolute atomic E-state index is 0.00275. The summed E-state index contributed by atoms with van der Waals surface area (Å²) in [6.07, 6.45) is 4.86. The minimum Gasteiger partial charge on any atom is -0.497 e. The molecule has 5 heteroatoms. The van der Waals surface area contributed by atoms with Crippen LogP contribution < -0.4 is 9.64 Å². The van der Waals surface area contributed by atoms with E-state index >= 15 is 0 Å². The summed E-state index contributed by atoms with van der Waals surface area (Å²) in [5, 5.41) is 0. The van der Waals surface area contributed by atoms with Crippen LogP contribution >= 0.6 is 0 Å². The standard InChI is InChI=1S/C24H28N2O3/c1-25(2)21-9-4-18(5-10-21)6-13-23(27)26-16-14-20(15-17-26)24(28)19-7-11-22(29-3)12-8-19/h4-13,20H,14-17H2,1-3H3. The molecule has 0 radical (unpaired) electrons. The maximum absolute atomic E-state index is 12.7. The molecule has 0 aliphatic carbocycles. The highest BCUT2D eigenvalue weighted by Gasteiger charge is 2.27. The zero-order valence-corrected chi connectivity index (χ0v) is 17.3. The lowest BCUT2D eigenvalue weighted by molar-refractivity contribution is -0.127. The van der Waals surface area contributed by atoms with Gasteiger partial charge in [0.1, 0.15) is 5.75 Å². The van der Waals surface area contributed by atoms with E-state index in [2.05, 4.69) is 0 Å². The molecule has 3 rings (SSSR count). The van der Waals surface area contributed by atoms with E-state index in [1.807, 2.05) is 78.5 Å². The van der Waals surface area contributed by atoms with Crippen molar-refractivity contribution < 1.29 is 14.3 Å². The second-order valence-corrected chi connectivity index (χ2v) is 7.51. The molecule has 0 spiro atoms. The van der Waals surface area contributed by atoms with Crippen LogP contribution in [0.15, 0.2) is 54.6 Å². The molecule has 0 unspecified atom stereocenters. The predicted octanol–water partition coefficient (Wildman–Crippen LogP) is 3.90. The Morgan fingerprint density at radius 3 is 2.17 bits per heavy atom. The van der Waals surface area contributed by atoms with Crippen LogP contribution in [-0.2, 0) is 4.79 Å². The van der Waals surface area contributed by atoms with Gasteiger partial charge >= 0.3 is 0 Å². The quantitative estimate of drug-likeness (QED) is 0.553. The molecular weight excluding hydrogens is 364 g/mol. The largest absolute Gasteiger partial charge is 0.497 e. The van der Waals surface area contributed by atoms with Crippen LogP contribution in [-0.4, -0.2) is 50.9 Å². The number of benzene rings is 2. The Labute approximate surface area is 172 Å². The van der Waals surface area contributed by atoms with Crippen molar-refractivity contribution in [3.05, 3.63) is 65.7 Å². The number of nitrogens with zero attached hydrogens (tertiary/aromatic N) is 2. The van der Waals surface area contributed by atoms with Gasteiger partial charge in [0, 0.05) is 50.4 Å². The average molecular weight is 392 g/mol. The van der Waals surface area contributed by atoms with E-state index in [-0.39, 0.29) is 17.6 Å². The van der Waals surface area contributed by atoms with Crippen LogP contribution in [0.5, 0.6) is 5.75 Å². The zero-order chi connectivity index (χ0) is 20.8. The Balaban J connectivity index is 1.52. The maximum Gasteiger partial charge on any atom is 0.246 e. The SMILES string of the molecule is COc1ccc(C(=O)C2CCN(C(=O)C=Cc3ccc(N(C)C)cc3)CC2)cc1. The van der Waals surface area contributed by atoms with Crippen molar-refractivity contribution in [3.8, 4) is 5.75 Å². The summed E-state index contributed by atoms with van der Waals surface area (Å²) in [4.78, 5) is 29.1. The Kier molecular flexibility index (Phi) is 6.70. The van der Waals surface area contributed by atoms with Gasteiger partial charge in [0.05, 0.1) is 7.11 Å². The fraction of sp³-hybridized carbons (Fsp3) is 0.333. The number of carbonyl (C=O) groups excluding carboxylic acids is 2. The van der Waals surface area contributed by atoms with Crippen LogP contribution in [0.2, 0.25) is 0 Å². The fourth-order valence-corrected chi connectivity index (χ4v) is 3.51. The van der Waals surface area contributed by atoms with E-state index in [0.717, 1.165) is 17.0 Å². The van der Waals surface area contributed by atoms with E-state index in [1.165, 1.54) is 0 Å². The van der Waals surface area contributed by atoms with Crippen molar-refractivity contribution in [2.45, 2.75) is 12.8 Å². The Hall–Kier alpha value is -3.08. The number of hydrogen-bond donors (Lipinski definition) is 0. The summed E-state index contributed by atoms with van der Waals surface area (Å²) in [6, 6.07) is 15.3. The summed E-state index contributed by atoms with van der Waals surface area (Å²) in [6.45, 7) is 1.21. The summed E-state index contributed by atoms with van der Waals surface area (Å²) in [5.41, 5.74) is 2.82. The summed E-state index contributed by atoms with van der Waals surface area (Å²) in [7, 11) is 5.60. The number of likely N-dealkylation sites (tertiary alicyclic amines) is 1. The third-order valence-electron chi connectivity index (χ3n) is 5.38. The molecule has 1 heterocycles. The topological polar surface area (TPSA) is 49.9 Å². The van der Waals surface area contributed by atoms with Crippen LogP contribution in [0.3, 0.4) is 0 Å². The van der Waals surface area contributed by atoms with Gasteiger partial charge in [-0.3, -0.25) is 9.59 Å². The summed E-state index contributed by atoms with van der Waals surface area (Å²) < 4.78 is 5.14. The molecule has 1 fully saturated rings. The van der Waals surface area contributed by atoms with Crippen molar-refractivity contribution in [1.82, 2.24) is 4.90 Å². The molecule has 152 valence electrons. The molecule has 2 aromatic rings. The molecule has 2 aromatic carbocycles. The monoisotopic (exact) mass is 392 g/mol. The molecule has 0 N–H and O–H groups in total. The van der Waals surface area contributed by atoms with Gasteiger partial charge in [0.25, 0.3) is 0 Å². The van der Waals surface area contributed by atoms with Crippen molar-refractivity contribution >= 4 is 23.5 Å². The van der Waals surface area contributed by atoms with E-state index in [1.54, 1.807) is 13.2 Å². The minimum atomic E-state index is -0.0324. The van der Waals surface area contributed by atoms with Gasteiger partial charge in [-0.1, -0.05) is 12.1 Å². The second kappa shape index (κ2) is 9.41. The Morgan fingerprint density at radius 2 is 1.62 bits per heavy atom. The van der Waals surface area contributed by atoms with Gasteiger partial charge in [-0.2, -0.15) is 0 Å². The number of rotatable bonds is 6. The molecule has 0 saturated carbocycles. The number of Topliss-reactive ketones (excluding diaryl/α,β-unsaturated/α-hetero) is 1. The Morgan fingerprint density at radius 1 is 1.00 bits per heavy atom. The lowest BCUT2D eigenvalue weighted by Crippen LogP contribution is -2.39. The van der Waals surface area contributed by atoms with Gasteiger partial charge in [-0.25, -0.2) is 0 Å². The third kappa shape index (κ3) is 5.25. The van der Waals surface area contributed by atoms with Gasteiger partial charge in [-0.15, -0.1) is 0 Å². The van der Waals surface area contributed by atoms with Crippen molar-refractivity contribution in [2.24, 2.45) is 5.92 Å². The number of ketones is 1. The molecule has 1 aliphatic heterocycles. The first-order valence-corrected chi connectivity index (χ1v) is 9.90. The number of ether oxygens (including phenoxy) is 1. The molecule has 0 bridgehead atoms. The fourth-order valence-electron chi connectivity index (χ4n) is 3.51. The van der Waals surface area contributed by atoms with Crippen molar-refractivity contribution in [1.29, 1.82) is 0 Å². The number of hydrogen-bond acceptors (Lipinski definition) is 4. The molecule has 1 saturated heterocycles. The van der Waals surface area contributed by atoms with Gasteiger partial charge in [-0.05, 0) is 60.9 Å². The molecule has 0 atom stereocenters. The highest BCUT2D eigenvalue weighted by Crippen LogP contribution is 2.23. The first-order valence-electron chi connectivity index (χ1n) is 9.90. The number of carbonyl (C=O) groups is 2. The second-order valence-electron chi connectivity index (χ2n) is 7.51. The highest BCUT2D eigenvalue weighted by molar-refractivity contribution is 5.98. The summed E-state index contributed by atoms with van der Waals surface area (Å²) >= 11 is 0. The third-order valence-corrected chi connectivity index (χ3v) is 5.38. The molecule has 5 nitrogen and oxygen atoms in total. The van der Waals surface area contributed by atoms with Gasteiger partial charge in [0.15, 0.2) is 5.78 Å². The Bertz CT molecular complexity index is 862. The molecule has 29 heavy (non-hydrogen) atoms. The van der Waals surface area contributed by atoms with Gasteiger partial charge in [0.2, 0.25) is 5.91 Å². The van der Waals surface area contributed by atoms with Crippen molar-refractivity contribution in [3.63, 3.8) is 0 Å². The summed E-state index contributed by atoms with van der Waals surface area (Å²) in [5.74, 6) is 0.855. The average Bonchev–Trinajstić information content (AvgIpc) is 2.77. The smallest absolute Gasteiger partial charge is 0.246 e. The highest BCUT2D eigenvalue weighted by atomic mass is 16.5. The lowest BCUT2D eigenvalue weighted by atomic mass is 9.89. The number of piperidine rings is 1. The first kappa shape index (κ1) is 20.6. The van der Waals surface area contributed by atoms with E-state index in [4.69, 9.17) is 4.74 Å². The first-order chi connectivity index (χ1) is 14.0. The number of amides is 1. The molecular formula is C24H28N2O3. The number of anilines is 1. The van der Waals surface area contributed by atoms with Gasteiger partial charge < -0.3 is 14.5 Å². The number of methoxy groups -OCH3 is 1. The van der Waals surface area contributed by atoms with E-state index in [9.17, 15) is 9.59 Å². The zero-order valence-electron chi connectivity index (χ0n) is 17.3. The maximum atomic E-state index is 12.7. The van der Waals surface area contributed by atoms with Crippen LogP contribution in [0, 0.1) is 5.92 Å². The normalized spacial score (nSPS) is 14.8. The van der Waals surface area contributed by atoms with E-state index in [0.29, 0.717) is 31.5 Å². The molecule has 1 aliphatic rings. The predicted molar refractivity (Wildman–Crippen MR) is 116 cm³/mol. The van der Waals surface area contributed by atoms with Crippen LogP contribution in [0.1, 0.15) is 28.8 Å².